The first-order chi connectivity index (χ1) is 7.13. The Hall–Kier alpha value is -1.27. The maximum Gasteiger partial charge on any atom is 0.240 e. The normalized spacial score (nSPS) is 17.9. The number of rotatable bonds is 2. The Bertz CT molecular complexity index is 386. The van der Waals surface area contributed by atoms with Gasteiger partial charge in [-0.15, -0.1) is 11.3 Å². The van der Waals surface area contributed by atoms with Crippen LogP contribution in [0, 0.1) is 6.92 Å². The van der Waals surface area contributed by atoms with E-state index in [-0.39, 0.29) is 24.9 Å². The summed E-state index contributed by atoms with van der Waals surface area (Å²) in [4.78, 5) is 29.2. The quantitative estimate of drug-likeness (QED) is 0.715. The average molecular weight is 225 g/mol. The summed E-state index contributed by atoms with van der Waals surface area (Å²) in [5, 5.41) is 3.27. The van der Waals surface area contributed by atoms with Crippen LogP contribution in [0.2, 0.25) is 0 Å². The maximum atomic E-state index is 11.1. The van der Waals surface area contributed by atoms with Gasteiger partial charge in [-0.3, -0.25) is 19.8 Å². The van der Waals surface area contributed by atoms with Crippen LogP contribution in [0.5, 0.6) is 0 Å². The second-order valence-corrected chi connectivity index (χ2v) is 4.78. The van der Waals surface area contributed by atoms with Crippen LogP contribution >= 0.6 is 11.3 Å². The summed E-state index contributed by atoms with van der Waals surface area (Å²) in [7, 11) is 0. The topological polar surface area (TPSA) is 62.3 Å². The number of piperazine rings is 1. The van der Waals surface area contributed by atoms with Gasteiger partial charge >= 0.3 is 0 Å². The summed E-state index contributed by atoms with van der Waals surface area (Å²) in [6.45, 7) is 3.11. The lowest BCUT2D eigenvalue weighted by molar-refractivity contribution is -0.136. The number of aromatic nitrogens is 1. The van der Waals surface area contributed by atoms with Gasteiger partial charge < -0.3 is 0 Å². The molecule has 0 aliphatic carbocycles. The summed E-state index contributed by atoms with van der Waals surface area (Å²) < 4.78 is 0. The van der Waals surface area contributed by atoms with Gasteiger partial charge in [0.05, 0.1) is 18.1 Å². The van der Waals surface area contributed by atoms with Crippen LogP contribution in [0.15, 0.2) is 6.20 Å². The molecule has 1 saturated heterocycles. The van der Waals surface area contributed by atoms with Crippen molar-refractivity contribution in [3.05, 3.63) is 16.1 Å². The minimum atomic E-state index is -0.229. The van der Waals surface area contributed by atoms with E-state index in [1.807, 2.05) is 11.8 Å². The fourth-order valence-corrected chi connectivity index (χ4v) is 2.34. The van der Waals surface area contributed by atoms with Gasteiger partial charge in [-0.05, 0) is 6.92 Å². The van der Waals surface area contributed by atoms with E-state index in [9.17, 15) is 9.59 Å². The van der Waals surface area contributed by atoms with Crippen molar-refractivity contribution in [1.82, 2.24) is 15.2 Å². The Kier molecular flexibility index (Phi) is 2.79. The molecule has 1 N–H and O–H groups in total. The number of hydrogen-bond donors (Lipinski definition) is 1. The Morgan fingerprint density at radius 2 is 2.13 bits per heavy atom. The van der Waals surface area contributed by atoms with E-state index in [4.69, 9.17) is 0 Å². The van der Waals surface area contributed by atoms with Gasteiger partial charge in [0, 0.05) is 17.6 Å². The SMILES string of the molecule is Cc1ncc(CN2CC(=O)NC(=O)C2)s1. The molecule has 2 heterocycles. The average Bonchev–Trinajstić information content (AvgIpc) is 2.49. The first kappa shape index (κ1) is 10.3. The van der Waals surface area contributed by atoms with Crippen LogP contribution in [0.1, 0.15) is 9.88 Å². The number of thiazole rings is 1. The Labute approximate surface area is 91.1 Å². The highest BCUT2D eigenvalue weighted by molar-refractivity contribution is 7.11. The van der Waals surface area contributed by atoms with Crippen molar-refractivity contribution in [2.75, 3.05) is 13.1 Å². The largest absolute Gasteiger partial charge is 0.294 e. The third-order valence-corrected chi connectivity index (χ3v) is 2.96. The molecule has 1 fully saturated rings. The van der Waals surface area contributed by atoms with Gasteiger partial charge in [-0.1, -0.05) is 0 Å². The number of nitrogens with zero attached hydrogens (tertiary/aromatic N) is 2. The predicted molar refractivity (Wildman–Crippen MR) is 55.3 cm³/mol. The molecule has 0 unspecified atom stereocenters. The molecule has 1 aliphatic rings. The van der Waals surface area contributed by atoms with Crippen molar-refractivity contribution >= 4 is 23.2 Å². The highest BCUT2D eigenvalue weighted by atomic mass is 32.1. The fraction of sp³-hybridized carbons (Fsp3) is 0.444. The molecule has 0 spiro atoms. The van der Waals surface area contributed by atoms with Gasteiger partial charge in [0.2, 0.25) is 11.8 Å². The van der Waals surface area contributed by atoms with Gasteiger partial charge in [-0.2, -0.15) is 0 Å². The molecule has 5 nitrogen and oxygen atoms in total. The van der Waals surface area contributed by atoms with Gasteiger partial charge in [-0.25, -0.2) is 4.98 Å². The molecule has 1 aromatic rings. The molecule has 0 bridgehead atoms. The molecule has 0 atom stereocenters. The third-order valence-electron chi connectivity index (χ3n) is 2.06. The van der Waals surface area contributed by atoms with Crippen molar-refractivity contribution in [1.29, 1.82) is 0 Å². The molecule has 6 heteroatoms. The van der Waals surface area contributed by atoms with Crippen molar-refractivity contribution < 1.29 is 9.59 Å². The fourth-order valence-electron chi connectivity index (χ4n) is 1.51. The van der Waals surface area contributed by atoms with Crippen LogP contribution in [-0.2, 0) is 16.1 Å². The number of carbonyl (C=O) groups is 2. The molecule has 2 amide bonds. The molecule has 1 aromatic heterocycles. The van der Waals surface area contributed by atoms with E-state index < -0.39 is 0 Å². The lowest BCUT2D eigenvalue weighted by Gasteiger charge is -2.24. The molecular weight excluding hydrogens is 214 g/mol. The minimum Gasteiger partial charge on any atom is -0.294 e. The third kappa shape index (κ3) is 2.60. The number of amides is 2. The second-order valence-electron chi connectivity index (χ2n) is 3.46. The number of carbonyl (C=O) groups excluding carboxylic acids is 2. The van der Waals surface area contributed by atoms with E-state index >= 15 is 0 Å². The first-order valence-electron chi connectivity index (χ1n) is 4.60. The molecular formula is C9H11N3O2S. The molecule has 80 valence electrons. The van der Waals surface area contributed by atoms with E-state index in [1.54, 1.807) is 17.5 Å². The van der Waals surface area contributed by atoms with Crippen LogP contribution < -0.4 is 5.32 Å². The standard InChI is InChI=1S/C9H11N3O2S/c1-6-10-2-7(15-6)3-12-4-8(13)11-9(14)5-12/h2H,3-5H2,1H3,(H,11,13,14). The van der Waals surface area contributed by atoms with Gasteiger partial charge in [0.25, 0.3) is 0 Å². The summed E-state index contributed by atoms with van der Waals surface area (Å²) in [5.41, 5.74) is 0. The molecule has 0 radical (unpaired) electrons. The maximum absolute atomic E-state index is 11.1. The number of aryl methyl sites for hydroxylation is 1. The van der Waals surface area contributed by atoms with Crippen LogP contribution in [0.3, 0.4) is 0 Å². The minimum absolute atomic E-state index is 0.229. The summed E-state index contributed by atoms with van der Waals surface area (Å²) in [5.74, 6) is -0.458. The van der Waals surface area contributed by atoms with Crippen molar-refractivity contribution in [2.45, 2.75) is 13.5 Å². The van der Waals surface area contributed by atoms with Gasteiger partial charge in [0.15, 0.2) is 0 Å². The number of nitrogens with one attached hydrogen (secondary N) is 1. The second kappa shape index (κ2) is 4.08. The summed E-state index contributed by atoms with van der Waals surface area (Å²) in [6.07, 6.45) is 1.79. The van der Waals surface area contributed by atoms with E-state index in [0.29, 0.717) is 6.54 Å². The van der Waals surface area contributed by atoms with E-state index in [2.05, 4.69) is 10.3 Å². The Morgan fingerprint density at radius 1 is 1.47 bits per heavy atom. The molecule has 15 heavy (non-hydrogen) atoms. The molecule has 1 aliphatic heterocycles. The lowest BCUT2D eigenvalue weighted by atomic mass is 10.3. The zero-order chi connectivity index (χ0) is 10.8. The monoisotopic (exact) mass is 225 g/mol. The summed E-state index contributed by atoms with van der Waals surface area (Å²) in [6, 6.07) is 0. The number of hydrogen-bond acceptors (Lipinski definition) is 5. The van der Waals surface area contributed by atoms with Crippen molar-refractivity contribution in [2.24, 2.45) is 0 Å². The van der Waals surface area contributed by atoms with Crippen molar-refractivity contribution in [3.8, 4) is 0 Å². The Morgan fingerprint density at radius 3 is 2.67 bits per heavy atom. The Balaban J connectivity index is 2.00. The zero-order valence-corrected chi connectivity index (χ0v) is 9.13. The van der Waals surface area contributed by atoms with Crippen LogP contribution in [0.25, 0.3) is 0 Å². The van der Waals surface area contributed by atoms with Crippen LogP contribution in [-0.4, -0.2) is 34.8 Å². The summed E-state index contributed by atoms with van der Waals surface area (Å²) >= 11 is 1.59. The number of imide groups is 1. The highest BCUT2D eigenvalue weighted by Gasteiger charge is 2.22. The smallest absolute Gasteiger partial charge is 0.240 e. The van der Waals surface area contributed by atoms with E-state index in [1.165, 1.54) is 0 Å². The van der Waals surface area contributed by atoms with Crippen molar-refractivity contribution in [3.63, 3.8) is 0 Å². The highest BCUT2D eigenvalue weighted by Crippen LogP contribution is 2.14. The predicted octanol–water partition coefficient (Wildman–Crippen LogP) is -0.0901. The lowest BCUT2D eigenvalue weighted by Crippen LogP contribution is -2.50. The van der Waals surface area contributed by atoms with E-state index in [0.717, 1.165) is 9.88 Å². The first-order valence-corrected chi connectivity index (χ1v) is 5.41. The van der Waals surface area contributed by atoms with Gasteiger partial charge in [0.1, 0.15) is 0 Å². The molecule has 0 aromatic carbocycles. The molecule has 2 rings (SSSR count). The molecule has 0 saturated carbocycles. The zero-order valence-electron chi connectivity index (χ0n) is 8.32. The van der Waals surface area contributed by atoms with Crippen LogP contribution in [0.4, 0.5) is 0 Å².